The van der Waals surface area contributed by atoms with E-state index in [0.29, 0.717) is 4.57 Å². The summed E-state index contributed by atoms with van der Waals surface area (Å²) in [6.07, 6.45) is 0.530. The molecule has 0 aliphatic heterocycles. The highest BCUT2D eigenvalue weighted by atomic mass is 16.4. The summed E-state index contributed by atoms with van der Waals surface area (Å²) in [5.41, 5.74) is -0.363. The Morgan fingerprint density at radius 3 is 2.45 bits per heavy atom. The van der Waals surface area contributed by atoms with Gasteiger partial charge in [-0.2, -0.15) is 0 Å². The van der Waals surface area contributed by atoms with Crippen LogP contribution in [-0.2, 0) is 0 Å². The Kier molecular flexibility index (Phi) is 1.59. The Morgan fingerprint density at radius 2 is 2.09 bits per heavy atom. The van der Waals surface area contributed by atoms with Crippen LogP contribution in [0.3, 0.4) is 0 Å². The second-order valence-corrected chi connectivity index (χ2v) is 1.74. The largest absolute Gasteiger partial charge is 0.477 e. The fourth-order valence-corrected chi connectivity index (χ4v) is 0.606. The first-order chi connectivity index (χ1) is 5.13. The highest BCUT2D eigenvalue weighted by molar-refractivity contribution is 5.89. The lowest BCUT2D eigenvalue weighted by molar-refractivity contribution is 0.0684. The van der Waals surface area contributed by atoms with Crippen LogP contribution in [0.1, 0.15) is 10.5 Å². The molecule has 0 radical (unpaired) electrons. The van der Waals surface area contributed by atoms with Crippen LogP contribution in [0.15, 0.2) is 12.5 Å². The van der Waals surface area contributed by atoms with Gasteiger partial charge in [0.1, 0.15) is 6.33 Å². The molecule has 0 spiro atoms. The van der Waals surface area contributed by atoms with Crippen LogP contribution in [0, 0.1) is 0 Å². The van der Waals surface area contributed by atoms with Crippen molar-refractivity contribution in [3.8, 4) is 0 Å². The highest BCUT2D eigenvalue weighted by Crippen LogP contribution is 1.97. The summed E-state index contributed by atoms with van der Waals surface area (Å²) < 4.78 is 0.530. The van der Waals surface area contributed by atoms with Crippen molar-refractivity contribution in [2.24, 2.45) is 0 Å². The van der Waals surface area contributed by atoms with Crippen molar-refractivity contribution in [1.82, 2.24) is 9.55 Å². The van der Waals surface area contributed by atoms with Gasteiger partial charge in [0.15, 0.2) is 5.69 Å². The van der Waals surface area contributed by atoms with E-state index in [1.165, 1.54) is 0 Å². The first-order valence-electron chi connectivity index (χ1n) is 2.62. The second kappa shape index (κ2) is 2.41. The van der Waals surface area contributed by atoms with Crippen LogP contribution >= 0.6 is 0 Å². The van der Waals surface area contributed by atoms with Crippen LogP contribution in [0.4, 0.5) is 4.79 Å². The molecular formula is C5H4N2O4. The van der Waals surface area contributed by atoms with Crippen LogP contribution in [0.2, 0.25) is 0 Å². The van der Waals surface area contributed by atoms with Crippen molar-refractivity contribution in [3.63, 3.8) is 0 Å². The number of aromatic carboxylic acids is 1. The first kappa shape index (κ1) is 7.26. The molecule has 0 aliphatic carbocycles. The van der Waals surface area contributed by atoms with Crippen LogP contribution in [0.5, 0.6) is 0 Å². The molecule has 1 aromatic rings. The normalized spacial score (nSPS) is 9.45. The molecule has 0 atom stereocenters. The zero-order chi connectivity index (χ0) is 8.43. The average molecular weight is 156 g/mol. The number of rotatable bonds is 1. The molecule has 1 aromatic heterocycles. The molecule has 0 aliphatic rings. The molecule has 0 unspecified atom stereocenters. The predicted octanol–water partition coefficient (Wildman–Crippen LogP) is 0.107. The zero-order valence-corrected chi connectivity index (χ0v) is 5.26. The molecule has 0 saturated carbocycles. The quantitative estimate of drug-likeness (QED) is 0.601. The number of nitrogens with zero attached hydrogens (tertiary/aromatic N) is 2. The number of imidazole rings is 1. The van der Waals surface area contributed by atoms with E-state index in [1.54, 1.807) is 0 Å². The van der Waals surface area contributed by atoms with Gasteiger partial charge in [-0.25, -0.2) is 19.1 Å². The second-order valence-electron chi connectivity index (χ2n) is 1.74. The number of hydrogen-bond acceptors (Lipinski definition) is 3. The smallest absolute Gasteiger partial charge is 0.417 e. The molecular weight excluding hydrogens is 152 g/mol. The molecule has 1 rings (SSSR count). The maximum atomic E-state index is 10.3. The van der Waals surface area contributed by atoms with Gasteiger partial charge in [0.05, 0.1) is 6.20 Å². The Morgan fingerprint density at radius 1 is 1.45 bits per heavy atom. The molecule has 6 heteroatoms. The van der Waals surface area contributed by atoms with E-state index in [2.05, 4.69) is 4.98 Å². The van der Waals surface area contributed by atoms with E-state index < -0.39 is 12.1 Å². The van der Waals surface area contributed by atoms with E-state index in [0.717, 1.165) is 12.5 Å². The summed E-state index contributed by atoms with van der Waals surface area (Å²) in [7, 11) is 0. The topological polar surface area (TPSA) is 92.4 Å². The van der Waals surface area contributed by atoms with Crippen LogP contribution in [0.25, 0.3) is 0 Å². The minimum Gasteiger partial charge on any atom is -0.477 e. The Hall–Kier alpha value is -1.85. The number of aromatic nitrogens is 2. The third-order valence-electron chi connectivity index (χ3n) is 1.06. The van der Waals surface area contributed by atoms with E-state index in [4.69, 9.17) is 10.2 Å². The maximum Gasteiger partial charge on any atom is 0.417 e. The minimum atomic E-state index is -1.36. The standard InChI is InChI=1S/C5H4N2O4/c8-4(9)3-1-6-2-7(3)5(10)11/h1-2H,(H,8,9)(H,10,11). The molecule has 0 amide bonds. The fourth-order valence-electron chi connectivity index (χ4n) is 0.606. The van der Waals surface area contributed by atoms with Gasteiger partial charge in [-0.3, -0.25) is 0 Å². The highest BCUT2D eigenvalue weighted by Gasteiger charge is 2.13. The summed E-state index contributed by atoms with van der Waals surface area (Å²) in [6.45, 7) is 0. The fraction of sp³-hybridized carbons (Fsp3) is 0. The molecule has 0 bridgehead atoms. The SMILES string of the molecule is O=C(O)c1cncn1C(=O)O. The van der Waals surface area contributed by atoms with Crippen molar-refractivity contribution in [3.05, 3.63) is 18.2 Å². The van der Waals surface area contributed by atoms with Gasteiger partial charge < -0.3 is 10.2 Å². The van der Waals surface area contributed by atoms with Gasteiger partial charge in [-0.1, -0.05) is 0 Å². The van der Waals surface area contributed by atoms with E-state index in [1.807, 2.05) is 0 Å². The molecule has 1 heterocycles. The monoisotopic (exact) mass is 156 g/mol. The third kappa shape index (κ3) is 1.18. The number of hydrogen-bond donors (Lipinski definition) is 2. The maximum absolute atomic E-state index is 10.3. The lowest BCUT2D eigenvalue weighted by Crippen LogP contribution is -2.13. The van der Waals surface area contributed by atoms with Gasteiger partial charge in [0.25, 0.3) is 0 Å². The molecule has 2 N–H and O–H groups in total. The minimum absolute atomic E-state index is 0.363. The van der Waals surface area contributed by atoms with Crippen molar-refractivity contribution in [2.75, 3.05) is 0 Å². The van der Waals surface area contributed by atoms with E-state index in [9.17, 15) is 9.59 Å². The van der Waals surface area contributed by atoms with Gasteiger partial charge in [-0.05, 0) is 0 Å². The number of carboxylic acids is 1. The predicted molar refractivity (Wildman–Crippen MR) is 32.6 cm³/mol. The van der Waals surface area contributed by atoms with Crippen molar-refractivity contribution in [1.29, 1.82) is 0 Å². The number of carbonyl (C=O) groups is 2. The zero-order valence-electron chi connectivity index (χ0n) is 5.26. The Labute approximate surface area is 60.7 Å². The molecule has 0 fully saturated rings. The average Bonchev–Trinajstić information content (AvgIpc) is 2.32. The van der Waals surface area contributed by atoms with Crippen molar-refractivity contribution in [2.45, 2.75) is 0 Å². The lowest BCUT2D eigenvalue weighted by Gasteiger charge is -1.94. The molecule has 58 valence electrons. The summed E-state index contributed by atoms with van der Waals surface area (Å²) in [5.74, 6) is -1.31. The first-order valence-corrected chi connectivity index (χ1v) is 2.62. The summed E-state index contributed by atoms with van der Waals surface area (Å²) in [5, 5.41) is 16.7. The van der Waals surface area contributed by atoms with Crippen molar-refractivity contribution < 1.29 is 19.8 Å². The third-order valence-corrected chi connectivity index (χ3v) is 1.06. The molecule has 0 saturated heterocycles. The van der Waals surface area contributed by atoms with Gasteiger partial charge in [-0.15, -0.1) is 0 Å². The van der Waals surface area contributed by atoms with Gasteiger partial charge in [0, 0.05) is 0 Å². The van der Waals surface area contributed by atoms with E-state index in [-0.39, 0.29) is 5.69 Å². The van der Waals surface area contributed by atoms with Gasteiger partial charge in [0.2, 0.25) is 0 Å². The summed E-state index contributed by atoms with van der Waals surface area (Å²) >= 11 is 0. The Bertz CT molecular complexity index is 275. The Balaban J connectivity index is 3.16. The summed E-state index contributed by atoms with van der Waals surface area (Å²) in [4.78, 5) is 23.9. The van der Waals surface area contributed by atoms with Crippen LogP contribution < -0.4 is 0 Å². The lowest BCUT2D eigenvalue weighted by atomic mass is 10.5. The van der Waals surface area contributed by atoms with Gasteiger partial charge >= 0.3 is 12.1 Å². The van der Waals surface area contributed by atoms with Crippen LogP contribution in [-0.4, -0.2) is 31.8 Å². The molecule has 11 heavy (non-hydrogen) atoms. The number of carboxylic acid groups (broad SMARTS) is 2. The van der Waals surface area contributed by atoms with Crippen molar-refractivity contribution >= 4 is 12.1 Å². The molecule has 0 aromatic carbocycles. The van der Waals surface area contributed by atoms with E-state index >= 15 is 0 Å². The summed E-state index contributed by atoms with van der Waals surface area (Å²) in [6, 6.07) is 0. The molecule has 6 nitrogen and oxygen atoms in total.